The number of halogens is 2. The topological polar surface area (TPSA) is 74.2 Å². The average Bonchev–Trinajstić information content (AvgIpc) is 2.90. The summed E-state index contributed by atoms with van der Waals surface area (Å²) in [5.74, 6) is 0.905. The summed E-state index contributed by atoms with van der Waals surface area (Å²) in [5.41, 5.74) is 3.11. The standard InChI is InChI=1S/C31H34F2O6/c1-21-16-22(4-2-14-36-27-10-6-24(32)7-11-27)31(38-20-29-18-26(34)19-30(35)39-29)23(17-21)5-3-15-37-28-12-8-25(33)9-13-28/h6-13,16-17,26,29,34H,2-5,14-15,18-20H2,1H3. The van der Waals surface area contributed by atoms with Crippen LogP contribution >= 0.6 is 0 Å². The zero-order chi connectivity index (χ0) is 27.6. The van der Waals surface area contributed by atoms with E-state index in [0.29, 0.717) is 56.8 Å². The molecule has 39 heavy (non-hydrogen) atoms. The lowest BCUT2D eigenvalue weighted by Crippen LogP contribution is -2.36. The van der Waals surface area contributed by atoms with Crippen LogP contribution in [-0.4, -0.2) is 43.1 Å². The first-order valence-electron chi connectivity index (χ1n) is 13.2. The highest BCUT2D eigenvalue weighted by atomic mass is 19.1. The molecule has 0 amide bonds. The Hall–Kier alpha value is -3.65. The minimum Gasteiger partial charge on any atom is -0.494 e. The van der Waals surface area contributed by atoms with Crippen LogP contribution < -0.4 is 14.2 Å². The Labute approximate surface area is 227 Å². The molecule has 0 spiro atoms. The van der Waals surface area contributed by atoms with Gasteiger partial charge in [-0.05, 0) is 92.3 Å². The minimum absolute atomic E-state index is 0.000354. The fraction of sp³-hybridized carbons (Fsp3) is 0.387. The summed E-state index contributed by atoms with van der Waals surface area (Å²) in [4.78, 5) is 11.8. The van der Waals surface area contributed by atoms with E-state index in [4.69, 9.17) is 18.9 Å². The molecule has 0 bridgehead atoms. The maximum atomic E-state index is 13.1. The molecule has 3 aromatic carbocycles. The summed E-state index contributed by atoms with van der Waals surface area (Å²) >= 11 is 0. The fourth-order valence-corrected chi connectivity index (χ4v) is 4.59. The highest BCUT2D eigenvalue weighted by molar-refractivity contribution is 5.71. The number of carbonyl (C=O) groups excluding carboxylic acids is 1. The first kappa shape index (κ1) is 28.4. The summed E-state index contributed by atoms with van der Waals surface area (Å²) in [6, 6.07) is 16.0. The van der Waals surface area contributed by atoms with Crippen molar-refractivity contribution in [2.45, 2.75) is 57.7 Å². The SMILES string of the molecule is Cc1cc(CCCOc2ccc(F)cc2)c(OCC2CC(O)CC(=O)O2)c(CCCOc2ccc(F)cc2)c1. The van der Waals surface area contributed by atoms with Crippen LogP contribution in [0, 0.1) is 18.6 Å². The molecule has 1 N–H and O–H groups in total. The molecule has 1 aliphatic heterocycles. The van der Waals surface area contributed by atoms with Crippen molar-refractivity contribution in [3.63, 3.8) is 0 Å². The van der Waals surface area contributed by atoms with Crippen LogP contribution in [0.4, 0.5) is 8.78 Å². The molecule has 0 saturated carbocycles. The Balaban J connectivity index is 1.41. The normalized spacial score (nSPS) is 17.0. The molecule has 2 atom stereocenters. The predicted molar refractivity (Wildman–Crippen MR) is 142 cm³/mol. The van der Waals surface area contributed by atoms with E-state index < -0.39 is 18.2 Å². The highest BCUT2D eigenvalue weighted by Gasteiger charge is 2.28. The van der Waals surface area contributed by atoms with Gasteiger partial charge in [0.1, 0.15) is 41.6 Å². The van der Waals surface area contributed by atoms with E-state index in [2.05, 4.69) is 12.1 Å². The van der Waals surface area contributed by atoms with Gasteiger partial charge in [0.2, 0.25) is 0 Å². The van der Waals surface area contributed by atoms with Crippen LogP contribution in [0.3, 0.4) is 0 Å². The number of aliphatic hydroxyl groups excluding tert-OH is 1. The third kappa shape index (κ3) is 8.96. The smallest absolute Gasteiger partial charge is 0.308 e. The Morgan fingerprint density at radius 3 is 1.85 bits per heavy atom. The Morgan fingerprint density at radius 2 is 1.36 bits per heavy atom. The predicted octanol–water partition coefficient (Wildman–Crippen LogP) is 5.74. The third-order valence-corrected chi connectivity index (χ3v) is 6.38. The number of carbonyl (C=O) groups is 1. The molecular weight excluding hydrogens is 506 g/mol. The van der Waals surface area contributed by atoms with Crippen molar-refractivity contribution in [1.29, 1.82) is 0 Å². The number of hydrogen-bond acceptors (Lipinski definition) is 6. The molecule has 1 heterocycles. The van der Waals surface area contributed by atoms with Crippen molar-refractivity contribution < 1.29 is 37.6 Å². The van der Waals surface area contributed by atoms with E-state index in [1.54, 1.807) is 24.3 Å². The summed E-state index contributed by atoms with van der Waals surface area (Å²) < 4.78 is 49.4. The van der Waals surface area contributed by atoms with Crippen LogP contribution in [0.2, 0.25) is 0 Å². The molecule has 6 nitrogen and oxygen atoms in total. The van der Waals surface area contributed by atoms with E-state index in [-0.39, 0.29) is 24.7 Å². The maximum Gasteiger partial charge on any atom is 0.308 e. The van der Waals surface area contributed by atoms with Crippen molar-refractivity contribution in [2.24, 2.45) is 0 Å². The molecule has 0 radical (unpaired) electrons. The molecule has 1 aliphatic rings. The van der Waals surface area contributed by atoms with Gasteiger partial charge in [-0.1, -0.05) is 17.7 Å². The van der Waals surface area contributed by atoms with Gasteiger partial charge in [0, 0.05) is 6.42 Å². The van der Waals surface area contributed by atoms with Crippen molar-refractivity contribution >= 4 is 5.97 Å². The van der Waals surface area contributed by atoms with Gasteiger partial charge in [-0.3, -0.25) is 4.79 Å². The van der Waals surface area contributed by atoms with Gasteiger partial charge < -0.3 is 24.1 Å². The number of rotatable bonds is 13. The molecule has 0 aromatic heterocycles. The molecule has 1 saturated heterocycles. The average molecular weight is 541 g/mol. The van der Waals surface area contributed by atoms with Gasteiger partial charge in [-0.2, -0.15) is 0 Å². The molecule has 208 valence electrons. The second-order valence-electron chi connectivity index (χ2n) is 9.74. The van der Waals surface area contributed by atoms with E-state index in [1.807, 2.05) is 6.92 Å². The van der Waals surface area contributed by atoms with Crippen molar-refractivity contribution in [2.75, 3.05) is 19.8 Å². The molecular formula is C31H34F2O6. The zero-order valence-corrected chi connectivity index (χ0v) is 22.0. The van der Waals surface area contributed by atoms with Crippen molar-refractivity contribution in [3.8, 4) is 17.2 Å². The number of esters is 1. The number of aliphatic hydroxyl groups is 1. The summed E-state index contributed by atoms with van der Waals surface area (Å²) in [6.07, 6.45) is 1.87. The second-order valence-corrected chi connectivity index (χ2v) is 9.74. The first-order valence-corrected chi connectivity index (χ1v) is 13.2. The number of ether oxygens (including phenoxy) is 4. The van der Waals surface area contributed by atoms with Crippen LogP contribution in [0.25, 0.3) is 0 Å². The largest absolute Gasteiger partial charge is 0.494 e. The fourth-order valence-electron chi connectivity index (χ4n) is 4.59. The Morgan fingerprint density at radius 1 is 0.846 bits per heavy atom. The van der Waals surface area contributed by atoms with Crippen LogP contribution in [0.15, 0.2) is 60.7 Å². The second kappa shape index (κ2) is 13.9. The first-order chi connectivity index (χ1) is 18.9. The van der Waals surface area contributed by atoms with Gasteiger partial charge in [0.25, 0.3) is 0 Å². The van der Waals surface area contributed by atoms with E-state index in [9.17, 15) is 18.7 Å². The minimum atomic E-state index is -0.732. The van der Waals surface area contributed by atoms with Gasteiger partial charge in [-0.25, -0.2) is 8.78 Å². The summed E-state index contributed by atoms with van der Waals surface area (Å²) in [6.45, 7) is 3.07. The zero-order valence-electron chi connectivity index (χ0n) is 22.0. The maximum absolute atomic E-state index is 13.1. The van der Waals surface area contributed by atoms with Gasteiger partial charge >= 0.3 is 5.97 Å². The van der Waals surface area contributed by atoms with Crippen molar-refractivity contribution in [1.82, 2.24) is 0 Å². The monoisotopic (exact) mass is 540 g/mol. The molecule has 0 aliphatic carbocycles. The highest BCUT2D eigenvalue weighted by Crippen LogP contribution is 2.30. The lowest BCUT2D eigenvalue weighted by atomic mass is 9.98. The molecule has 2 unspecified atom stereocenters. The number of hydrogen-bond donors (Lipinski definition) is 1. The van der Waals surface area contributed by atoms with Gasteiger partial charge in [0.05, 0.1) is 25.7 Å². The Bertz CT molecular complexity index is 1140. The molecule has 8 heteroatoms. The quantitative estimate of drug-likeness (QED) is 0.220. The lowest BCUT2D eigenvalue weighted by molar-refractivity contribution is -0.162. The van der Waals surface area contributed by atoms with Crippen LogP contribution in [0.1, 0.15) is 42.4 Å². The van der Waals surface area contributed by atoms with Crippen LogP contribution in [-0.2, 0) is 22.4 Å². The van der Waals surface area contributed by atoms with Crippen LogP contribution in [0.5, 0.6) is 17.2 Å². The number of aryl methyl sites for hydroxylation is 3. The summed E-state index contributed by atoms with van der Waals surface area (Å²) in [5, 5.41) is 9.97. The van der Waals surface area contributed by atoms with Gasteiger partial charge in [0.15, 0.2) is 0 Å². The third-order valence-electron chi connectivity index (χ3n) is 6.38. The molecule has 1 fully saturated rings. The van der Waals surface area contributed by atoms with E-state index in [0.717, 1.165) is 22.4 Å². The van der Waals surface area contributed by atoms with Gasteiger partial charge in [-0.15, -0.1) is 0 Å². The van der Waals surface area contributed by atoms with E-state index in [1.165, 1.54) is 24.3 Å². The van der Waals surface area contributed by atoms with E-state index >= 15 is 0 Å². The molecule has 3 aromatic rings. The Kier molecular flexibility index (Phi) is 10.1. The van der Waals surface area contributed by atoms with Crippen molar-refractivity contribution in [3.05, 3.63) is 89.0 Å². The molecule has 4 rings (SSSR count). The summed E-state index contributed by atoms with van der Waals surface area (Å²) in [7, 11) is 0. The number of benzene rings is 3. The number of cyclic esters (lactones) is 1. The lowest BCUT2D eigenvalue weighted by Gasteiger charge is -2.27.